The molecule has 0 N–H and O–H groups in total. The maximum Gasteiger partial charge on any atom is 0.0191 e. The van der Waals surface area contributed by atoms with Gasteiger partial charge < -0.3 is 0 Å². The van der Waals surface area contributed by atoms with Crippen LogP contribution in [0.15, 0.2) is 12.1 Å². The smallest absolute Gasteiger partial charge is 0.0191 e. The van der Waals surface area contributed by atoms with Gasteiger partial charge in [-0.25, -0.2) is 0 Å². The predicted molar refractivity (Wildman–Crippen MR) is 60.6 cm³/mol. The molecule has 1 fully saturated rings. The molecule has 0 nitrogen and oxygen atoms in total. The van der Waals surface area contributed by atoms with Crippen LogP contribution in [0, 0.1) is 17.4 Å². The summed E-state index contributed by atoms with van der Waals surface area (Å²) in [6.45, 7) is 4.44. The van der Waals surface area contributed by atoms with Crippen molar-refractivity contribution in [1.29, 1.82) is 0 Å². The van der Waals surface area contributed by atoms with Crippen LogP contribution in [0.1, 0.15) is 35.4 Å². The number of aryl methyl sites for hydroxylation is 1. The van der Waals surface area contributed by atoms with Gasteiger partial charge in [0.2, 0.25) is 0 Å². The Balaban J connectivity index is 2.49. The lowest BCUT2D eigenvalue weighted by atomic mass is 10.0. The van der Waals surface area contributed by atoms with Crippen molar-refractivity contribution < 1.29 is 0 Å². The molecule has 0 unspecified atom stereocenters. The molecule has 1 aromatic rings. The zero-order valence-corrected chi connectivity index (χ0v) is 9.68. The van der Waals surface area contributed by atoms with Gasteiger partial charge in [-0.1, -0.05) is 12.1 Å². The Kier molecular flexibility index (Phi) is 2.15. The summed E-state index contributed by atoms with van der Waals surface area (Å²) in [6.07, 6.45) is 2.81. The molecule has 12 heavy (non-hydrogen) atoms. The molecule has 0 heterocycles. The lowest BCUT2D eigenvalue weighted by molar-refractivity contribution is 1.08. The molecule has 1 heteroatoms. The van der Waals surface area contributed by atoms with Gasteiger partial charge in [-0.05, 0) is 71.9 Å². The van der Waals surface area contributed by atoms with Gasteiger partial charge in [0.1, 0.15) is 0 Å². The van der Waals surface area contributed by atoms with Gasteiger partial charge in [0, 0.05) is 3.57 Å². The summed E-state index contributed by atoms with van der Waals surface area (Å²) in [5.41, 5.74) is 4.51. The second-order valence-electron chi connectivity index (χ2n) is 3.68. The molecule has 0 radical (unpaired) electrons. The van der Waals surface area contributed by atoms with E-state index in [2.05, 4.69) is 48.6 Å². The molecule has 0 aromatic heterocycles. The topological polar surface area (TPSA) is 0 Å². The van der Waals surface area contributed by atoms with Crippen LogP contribution >= 0.6 is 22.6 Å². The van der Waals surface area contributed by atoms with E-state index in [-0.39, 0.29) is 0 Å². The van der Waals surface area contributed by atoms with Crippen molar-refractivity contribution in [3.05, 3.63) is 32.4 Å². The lowest BCUT2D eigenvalue weighted by Crippen LogP contribution is -1.92. The van der Waals surface area contributed by atoms with Crippen molar-refractivity contribution in [3.8, 4) is 0 Å². The van der Waals surface area contributed by atoms with Crippen molar-refractivity contribution >= 4 is 22.6 Å². The summed E-state index contributed by atoms with van der Waals surface area (Å²) in [6, 6.07) is 4.56. The molecular formula is C11H13I. The second-order valence-corrected chi connectivity index (χ2v) is 4.76. The van der Waals surface area contributed by atoms with Gasteiger partial charge in [-0.15, -0.1) is 0 Å². The molecule has 0 atom stereocenters. The quantitative estimate of drug-likeness (QED) is 0.682. The minimum atomic E-state index is 0.888. The van der Waals surface area contributed by atoms with Crippen LogP contribution in [0.4, 0.5) is 0 Å². The Labute approximate surface area is 87.5 Å². The van der Waals surface area contributed by atoms with E-state index in [9.17, 15) is 0 Å². The molecule has 2 rings (SSSR count). The van der Waals surface area contributed by atoms with E-state index in [1.54, 1.807) is 5.56 Å². The number of benzene rings is 1. The van der Waals surface area contributed by atoms with Gasteiger partial charge in [-0.2, -0.15) is 0 Å². The average Bonchev–Trinajstić information content (AvgIpc) is 2.84. The minimum Gasteiger partial charge on any atom is -0.0582 e. The summed E-state index contributed by atoms with van der Waals surface area (Å²) in [5, 5.41) is 0. The number of hydrogen-bond acceptors (Lipinski definition) is 0. The van der Waals surface area contributed by atoms with Crippen molar-refractivity contribution in [2.24, 2.45) is 0 Å². The Morgan fingerprint density at radius 2 is 1.92 bits per heavy atom. The average molecular weight is 272 g/mol. The van der Waals surface area contributed by atoms with E-state index in [0.717, 1.165) is 5.92 Å². The van der Waals surface area contributed by atoms with Crippen LogP contribution in [-0.4, -0.2) is 0 Å². The molecule has 0 aliphatic heterocycles. The maximum atomic E-state index is 2.46. The first-order valence-electron chi connectivity index (χ1n) is 4.45. The summed E-state index contributed by atoms with van der Waals surface area (Å²) < 4.78 is 1.46. The van der Waals surface area contributed by atoms with E-state index in [1.165, 1.54) is 27.5 Å². The largest absolute Gasteiger partial charge is 0.0582 e. The summed E-state index contributed by atoms with van der Waals surface area (Å²) in [5.74, 6) is 0.888. The molecule has 1 aliphatic carbocycles. The van der Waals surface area contributed by atoms with Crippen LogP contribution in [0.5, 0.6) is 0 Å². The molecule has 1 saturated carbocycles. The van der Waals surface area contributed by atoms with E-state index < -0.39 is 0 Å². The van der Waals surface area contributed by atoms with E-state index >= 15 is 0 Å². The van der Waals surface area contributed by atoms with Crippen LogP contribution in [0.2, 0.25) is 0 Å². The highest BCUT2D eigenvalue weighted by atomic mass is 127. The number of halogens is 1. The fourth-order valence-corrected chi connectivity index (χ4v) is 2.16. The summed E-state index contributed by atoms with van der Waals surface area (Å²) in [4.78, 5) is 0. The molecule has 0 spiro atoms. The Morgan fingerprint density at radius 1 is 1.25 bits per heavy atom. The van der Waals surface area contributed by atoms with Crippen LogP contribution in [0.25, 0.3) is 0 Å². The molecule has 1 aromatic carbocycles. The number of hydrogen-bond donors (Lipinski definition) is 0. The van der Waals surface area contributed by atoms with E-state index in [0.29, 0.717) is 0 Å². The SMILES string of the molecule is Cc1ccc(C2CC2)c(C)c1I. The van der Waals surface area contributed by atoms with Gasteiger partial charge in [0.15, 0.2) is 0 Å². The lowest BCUT2D eigenvalue weighted by Gasteiger charge is -2.08. The third-order valence-corrected chi connectivity index (χ3v) is 4.30. The predicted octanol–water partition coefficient (Wildman–Crippen LogP) is 3.79. The number of rotatable bonds is 1. The summed E-state index contributed by atoms with van der Waals surface area (Å²) in [7, 11) is 0. The highest BCUT2D eigenvalue weighted by Gasteiger charge is 2.25. The zero-order chi connectivity index (χ0) is 8.72. The Hall–Kier alpha value is -0.0500. The fraction of sp³-hybridized carbons (Fsp3) is 0.455. The molecule has 0 amide bonds. The molecule has 0 bridgehead atoms. The normalized spacial score (nSPS) is 16.6. The monoisotopic (exact) mass is 272 g/mol. The van der Waals surface area contributed by atoms with Gasteiger partial charge in [0.05, 0.1) is 0 Å². The fourth-order valence-electron chi connectivity index (χ4n) is 1.67. The van der Waals surface area contributed by atoms with Crippen LogP contribution < -0.4 is 0 Å². The highest BCUT2D eigenvalue weighted by molar-refractivity contribution is 14.1. The van der Waals surface area contributed by atoms with Crippen molar-refractivity contribution in [2.75, 3.05) is 0 Å². The van der Waals surface area contributed by atoms with Crippen LogP contribution in [-0.2, 0) is 0 Å². The second kappa shape index (κ2) is 3.02. The highest BCUT2D eigenvalue weighted by Crippen LogP contribution is 2.42. The Morgan fingerprint density at radius 3 is 2.50 bits per heavy atom. The first kappa shape index (κ1) is 8.54. The first-order chi connectivity index (χ1) is 5.70. The molecule has 1 aliphatic rings. The summed E-state index contributed by atoms with van der Waals surface area (Å²) >= 11 is 2.46. The zero-order valence-electron chi connectivity index (χ0n) is 7.52. The third kappa shape index (κ3) is 1.39. The molecular weight excluding hydrogens is 259 g/mol. The standard InChI is InChI=1S/C11H13I/c1-7-3-6-10(9-4-5-9)8(2)11(7)12/h3,6,9H,4-5H2,1-2H3. The van der Waals surface area contributed by atoms with Crippen molar-refractivity contribution in [2.45, 2.75) is 32.6 Å². The Bertz CT molecular complexity index is 311. The van der Waals surface area contributed by atoms with Gasteiger partial charge >= 0.3 is 0 Å². The van der Waals surface area contributed by atoms with E-state index in [1.807, 2.05) is 0 Å². The molecule has 0 saturated heterocycles. The van der Waals surface area contributed by atoms with Crippen molar-refractivity contribution in [1.82, 2.24) is 0 Å². The van der Waals surface area contributed by atoms with Crippen molar-refractivity contribution in [3.63, 3.8) is 0 Å². The first-order valence-corrected chi connectivity index (χ1v) is 5.53. The maximum absolute atomic E-state index is 2.46. The van der Waals surface area contributed by atoms with Gasteiger partial charge in [0.25, 0.3) is 0 Å². The molecule has 64 valence electrons. The van der Waals surface area contributed by atoms with E-state index in [4.69, 9.17) is 0 Å². The third-order valence-electron chi connectivity index (χ3n) is 2.64. The van der Waals surface area contributed by atoms with Gasteiger partial charge in [-0.3, -0.25) is 0 Å². The minimum absolute atomic E-state index is 0.888. The van der Waals surface area contributed by atoms with Crippen LogP contribution in [0.3, 0.4) is 0 Å².